The fourth-order valence-corrected chi connectivity index (χ4v) is 2.44. The first-order valence-electron chi connectivity index (χ1n) is 5.61. The highest BCUT2D eigenvalue weighted by molar-refractivity contribution is 9.10. The molecule has 0 amide bonds. The molecule has 0 atom stereocenters. The Morgan fingerprint density at radius 2 is 2.10 bits per heavy atom. The quantitative estimate of drug-likeness (QED) is 0.449. The number of non-ortho nitro benzene ring substituents is 1. The van der Waals surface area contributed by atoms with Gasteiger partial charge in [0.2, 0.25) is 0 Å². The van der Waals surface area contributed by atoms with Gasteiger partial charge in [0, 0.05) is 29.3 Å². The van der Waals surface area contributed by atoms with E-state index in [0.717, 1.165) is 0 Å². The number of nitro groups is 1. The fraction of sp³-hybridized carbons (Fsp3) is 0. The van der Waals surface area contributed by atoms with Crippen LogP contribution in [0.3, 0.4) is 0 Å². The predicted molar refractivity (Wildman–Crippen MR) is 74.8 cm³/mol. The van der Waals surface area contributed by atoms with Crippen LogP contribution in [0.1, 0.15) is 15.9 Å². The molecule has 20 heavy (non-hydrogen) atoms. The lowest BCUT2D eigenvalue weighted by Gasteiger charge is -1.97. The Bertz CT molecular complexity index is 834. The van der Waals surface area contributed by atoms with E-state index in [9.17, 15) is 14.9 Å². The topological polar surface area (TPSA) is 89.1 Å². The minimum absolute atomic E-state index is 0.0251. The summed E-state index contributed by atoms with van der Waals surface area (Å²) < 4.78 is 5.40. The van der Waals surface area contributed by atoms with Crippen molar-refractivity contribution in [1.82, 2.24) is 4.98 Å². The van der Waals surface area contributed by atoms with Crippen molar-refractivity contribution >= 4 is 38.3 Å². The summed E-state index contributed by atoms with van der Waals surface area (Å²) in [6.07, 6.45) is 2.95. The van der Waals surface area contributed by atoms with E-state index in [1.807, 2.05) is 0 Å². The molecule has 0 saturated heterocycles. The minimum Gasteiger partial charge on any atom is -0.457 e. The van der Waals surface area contributed by atoms with Gasteiger partial charge in [-0.05, 0) is 28.1 Å². The maximum absolute atomic E-state index is 12.4. The SMILES string of the molecule is O=C(c1ccoc1Br)c1c[nH]c2cc([N+](=O)[O-])ccc12. The standard InChI is InChI=1S/C13H7BrN2O4/c14-13-9(3-4-20-13)12(17)10-6-15-11-5-7(16(18)19)1-2-8(10)11/h1-6,15H. The lowest BCUT2D eigenvalue weighted by Crippen LogP contribution is -1.99. The first-order chi connectivity index (χ1) is 9.58. The van der Waals surface area contributed by atoms with Crippen LogP contribution >= 0.6 is 15.9 Å². The predicted octanol–water partition coefficient (Wildman–Crippen LogP) is 3.66. The molecule has 0 aliphatic rings. The number of fused-ring (bicyclic) bond motifs is 1. The molecule has 1 N–H and O–H groups in total. The molecule has 3 rings (SSSR count). The largest absolute Gasteiger partial charge is 0.457 e. The van der Waals surface area contributed by atoms with Gasteiger partial charge in [-0.3, -0.25) is 14.9 Å². The van der Waals surface area contributed by atoms with Crippen molar-refractivity contribution in [2.75, 3.05) is 0 Å². The molecule has 3 aromatic rings. The molecule has 0 radical (unpaired) electrons. The molecule has 1 aromatic carbocycles. The van der Waals surface area contributed by atoms with Crippen LogP contribution in [-0.2, 0) is 0 Å². The molecular formula is C13H7BrN2O4. The van der Waals surface area contributed by atoms with Gasteiger partial charge in [-0.2, -0.15) is 0 Å². The second kappa shape index (κ2) is 4.61. The van der Waals surface area contributed by atoms with Gasteiger partial charge in [-0.25, -0.2) is 0 Å². The summed E-state index contributed by atoms with van der Waals surface area (Å²) in [5.41, 5.74) is 1.37. The number of furan rings is 1. The zero-order chi connectivity index (χ0) is 14.3. The van der Waals surface area contributed by atoms with E-state index in [1.165, 1.54) is 24.6 Å². The van der Waals surface area contributed by atoms with Crippen LogP contribution in [0.2, 0.25) is 0 Å². The van der Waals surface area contributed by atoms with E-state index in [1.54, 1.807) is 12.1 Å². The van der Waals surface area contributed by atoms with Crippen molar-refractivity contribution in [3.05, 3.63) is 62.6 Å². The number of aromatic nitrogens is 1. The molecule has 2 aromatic heterocycles. The normalized spacial score (nSPS) is 10.8. The highest BCUT2D eigenvalue weighted by Crippen LogP contribution is 2.27. The summed E-state index contributed by atoms with van der Waals surface area (Å²) in [5, 5.41) is 11.4. The van der Waals surface area contributed by atoms with Crippen molar-refractivity contribution < 1.29 is 14.1 Å². The number of nitrogens with one attached hydrogen (secondary N) is 1. The van der Waals surface area contributed by atoms with Crippen LogP contribution < -0.4 is 0 Å². The molecule has 0 aliphatic heterocycles. The fourth-order valence-electron chi connectivity index (χ4n) is 2.02. The second-order valence-electron chi connectivity index (χ2n) is 4.13. The van der Waals surface area contributed by atoms with Crippen LogP contribution in [0, 0.1) is 10.1 Å². The summed E-state index contributed by atoms with van der Waals surface area (Å²) in [4.78, 5) is 25.5. The smallest absolute Gasteiger partial charge is 0.271 e. The molecule has 0 bridgehead atoms. The molecule has 0 fully saturated rings. The summed E-state index contributed by atoms with van der Waals surface area (Å²) >= 11 is 3.16. The number of carbonyl (C=O) groups excluding carboxylic acids is 1. The van der Waals surface area contributed by atoms with E-state index >= 15 is 0 Å². The number of H-pyrrole nitrogens is 1. The van der Waals surface area contributed by atoms with E-state index in [4.69, 9.17) is 4.42 Å². The summed E-state index contributed by atoms with van der Waals surface area (Å²) in [5.74, 6) is -0.217. The van der Waals surface area contributed by atoms with Crippen LogP contribution in [0.4, 0.5) is 5.69 Å². The van der Waals surface area contributed by atoms with Gasteiger partial charge in [0.05, 0.1) is 22.3 Å². The molecule has 0 saturated carbocycles. The van der Waals surface area contributed by atoms with Crippen molar-refractivity contribution in [1.29, 1.82) is 0 Å². The Kier molecular flexibility index (Phi) is 2.90. The maximum atomic E-state index is 12.4. The van der Waals surface area contributed by atoms with Crippen molar-refractivity contribution in [2.45, 2.75) is 0 Å². The second-order valence-corrected chi connectivity index (χ2v) is 4.85. The molecule has 2 heterocycles. The van der Waals surface area contributed by atoms with Crippen molar-refractivity contribution in [3.8, 4) is 0 Å². The molecule has 7 heteroatoms. The van der Waals surface area contributed by atoms with Crippen molar-refractivity contribution in [2.24, 2.45) is 0 Å². The lowest BCUT2D eigenvalue weighted by molar-refractivity contribution is -0.384. The molecular weight excluding hydrogens is 328 g/mol. The minimum atomic E-state index is -0.478. The van der Waals surface area contributed by atoms with Gasteiger partial charge in [0.15, 0.2) is 10.5 Å². The van der Waals surface area contributed by atoms with Crippen LogP contribution in [0.25, 0.3) is 10.9 Å². The Labute approximate surface area is 120 Å². The molecule has 0 spiro atoms. The third-order valence-corrected chi connectivity index (χ3v) is 3.60. The third-order valence-electron chi connectivity index (χ3n) is 2.98. The number of nitrogens with zero attached hydrogens (tertiary/aromatic N) is 1. The molecule has 0 unspecified atom stereocenters. The van der Waals surface area contributed by atoms with Crippen LogP contribution in [0.15, 0.2) is 45.8 Å². The lowest BCUT2D eigenvalue weighted by atomic mass is 10.1. The first kappa shape index (κ1) is 12.6. The Morgan fingerprint density at radius 1 is 1.30 bits per heavy atom. The number of aromatic amines is 1. The van der Waals surface area contributed by atoms with E-state index in [-0.39, 0.29) is 11.5 Å². The van der Waals surface area contributed by atoms with Crippen LogP contribution in [-0.4, -0.2) is 15.7 Å². The first-order valence-corrected chi connectivity index (χ1v) is 6.40. The average Bonchev–Trinajstić information content (AvgIpc) is 3.03. The van der Waals surface area contributed by atoms with Gasteiger partial charge in [0.1, 0.15) is 0 Å². The van der Waals surface area contributed by atoms with E-state index < -0.39 is 4.92 Å². The third kappa shape index (κ3) is 1.92. The summed E-state index contributed by atoms with van der Waals surface area (Å²) in [6.45, 7) is 0. The summed E-state index contributed by atoms with van der Waals surface area (Å²) in [7, 11) is 0. The average molecular weight is 335 g/mol. The number of carbonyl (C=O) groups is 1. The number of hydrogen-bond acceptors (Lipinski definition) is 4. The van der Waals surface area contributed by atoms with Gasteiger partial charge in [0.25, 0.3) is 5.69 Å². The highest BCUT2D eigenvalue weighted by atomic mass is 79.9. The Balaban J connectivity index is 2.12. The molecule has 100 valence electrons. The van der Waals surface area contributed by atoms with Crippen molar-refractivity contribution in [3.63, 3.8) is 0 Å². The number of halogens is 1. The van der Waals surface area contributed by atoms with E-state index in [0.29, 0.717) is 26.7 Å². The maximum Gasteiger partial charge on any atom is 0.271 e. The Morgan fingerprint density at radius 3 is 2.75 bits per heavy atom. The summed E-state index contributed by atoms with van der Waals surface area (Å²) in [6, 6.07) is 5.90. The number of hydrogen-bond donors (Lipinski definition) is 1. The van der Waals surface area contributed by atoms with Gasteiger partial charge in [-0.1, -0.05) is 0 Å². The number of ketones is 1. The van der Waals surface area contributed by atoms with Gasteiger partial charge in [-0.15, -0.1) is 0 Å². The van der Waals surface area contributed by atoms with Crippen LogP contribution in [0.5, 0.6) is 0 Å². The van der Waals surface area contributed by atoms with E-state index in [2.05, 4.69) is 20.9 Å². The number of nitro benzene ring substituents is 1. The zero-order valence-electron chi connectivity index (χ0n) is 9.92. The molecule has 6 nitrogen and oxygen atoms in total. The highest BCUT2D eigenvalue weighted by Gasteiger charge is 2.19. The molecule has 0 aliphatic carbocycles. The zero-order valence-corrected chi connectivity index (χ0v) is 11.5. The number of rotatable bonds is 3. The Hall–Kier alpha value is -2.41. The number of benzene rings is 1. The van der Waals surface area contributed by atoms with Gasteiger partial charge >= 0.3 is 0 Å². The van der Waals surface area contributed by atoms with Gasteiger partial charge < -0.3 is 9.40 Å². The monoisotopic (exact) mass is 334 g/mol.